The fraction of sp³-hybridized carbons (Fsp3) is 0.235. The largest absolute Gasteiger partial charge is 0.352 e. The molecule has 0 aliphatic carbocycles. The van der Waals surface area contributed by atoms with E-state index in [1.54, 1.807) is 0 Å². The number of carbonyl (C=O) groups is 1. The number of aryl methyl sites for hydroxylation is 2. The van der Waals surface area contributed by atoms with E-state index in [4.69, 9.17) is 0 Å². The molecule has 3 heteroatoms. The summed E-state index contributed by atoms with van der Waals surface area (Å²) in [4.78, 5) is 12.1. The third-order valence-electron chi connectivity index (χ3n) is 3.38. The molecule has 0 saturated heterocycles. The smallest absolute Gasteiger partial charge is 0.251 e. The van der Waals surface area contributed by atoms with Crippen LogP contribution in [-0.4, -0.2) is 12.5 Å². The summed E-state index contributed by atoms with van der Waals surface area (Å²) < 4.78 is 0.962. The fourth-order valence-electron chi connectivity index (χ4n) is 2.04. The SMILES string of the molecule is Cc1ccc(C(=O)NCCc2ccccc2C)cc1Br. The van der Waals surface area contributed by atoms with Gasteiger partial charge in [-0.05, 0) is 49.1 Å². The van der Waals surface area contributed by atoms with Crippen molar-refractivity contribution in [1.29, 1.82) is 0 Å². The van der Waals surface area contributed by atoms with Crippen LogP contribution in [0.25, 0.3) is 0 Å². The number of hydrogen-bond donors (Lipinski definition) is 1. The minimum absolute atomic E-state index is 0.0284. The quantitative estimate of drug-likeness (QED) is 0.900. The number of nitrogens with one attached hydrogen (secondary N) is 1. The molecule has 1 amide bonds. The minimum atomic E-state index is -0.0284. The van der Waals surface area contributed by atoms with Gasteiger partial charge in [0.25, 0.3) is 5.91 Å². The zero-order valence-corrected chi connectivity index (χ0v) is 13.3. The van der Waals surface area contributed by atoms with Crippen molar-refractivity contribution < 1.29 is 4.79 Å². The highest BCUT2D eigenvalue weighted by Crippen LogP contribution is 2.17. The lowest BCUT2D eigenvalue weighted by molar-refractivity contribution is 0.0954. The van der Waals surface area contributed by atoms with Gasteiger partial charge in [0.05, 0.1) is 0 Å². The Bertz CT molecular complexity index is 622. The molecular formula is C17H18BrNO. The maximum atomic E-state index is 12.1. The number of hydrogen-bond acceptors (Lipinski definition) is 1. The van der Waals surface area contributed by atoms with Gasteiger partial charge in [-0.3, -0.25) is 4.79 Å². The van der Waals surface area contributed by atoms with E-state index in [1.165, 1.54) is 11.1 Å². The number of amides is 1. The molecule has 0 aromatic heterocycles. The number of rotatable bonds is 4. The first-order valence-electron chi connectivity index (χ1n) is 6.67. The molecule has 0 spiro atoms. The molecule has 2 aromatic rings. The second kappa shape index (κ2) is 6.71. The Balaban J connectivity index is 1.92. The van der Waals surface area contributed by atoms with Crippen LogP contribution in [0.3, 0.4) is 0 Å². The summed E-state index contributed by atoms with van der Waals surface area (Å²) in [5.41, 5.74) is 4.35. The van der Waals surface area contributed by atoms with Crippen molar-refractivity contribution in [3.63, 3.8) is 0 Å². The summed E-state index contributed by atoms with van der Waals surface area (Å²) in [7, 11) is 0. The van der Waals surface area contributed by atoms with E-state index in [2.05, 4.69) is 40.3 Å². The van der Waals surface area contributed by atoms with Crippen LogP contribution in [0.15, 0.2) is 46.9 Å². The Labute approximate surface area is 128 Å². The highest BCUT2D eigenvalue weighted by Gasteiger charge is 2.06. The summed E-state index contributed by atoms with van der Waals surface area (Å²) in [6, 6.07) is 13.9. The number of carbonyl (C=O) groups excluding carboxylic acids is 1. The van der Waals surface area contributed by atoms with Crippen molar-refractivity contribution in [1.82, 2.24) is 5.32 Å². The topological polar surface area (TPSA) is 29.1 Å². The van der Waals surface area contributed by atoms with Gasteiger partial charge in [-0.25, -0.2) is 0 Å². The monoisotopic (exact) mass is 331 g/mol. The van der Waals surface area contributed by atoms with Crippen LogP contribution < -0.4 is 5.32 Å². The van der Waals surface area contributed by atoms with Gasteiger partial charge in [-0.1, -0.05) is 46.3 Å². The number of benzene rings is 2. The van der Waals surface area contributed by atoms with E-state index in [0.29, 0.717) is 12.1 Å². The summed E-state index contributed by atoms with van der Waals surface area (Å²) in [5.74, 6) is -0.0284. The third kappa shape index (κ3) is 3.70. The van der Waals surface area contributed by atoms with Gasteiger partial charge in [0.1, 0.15) is 0 Å². The molecule has 0 radical (unpaired) electrons. The van der Waals surface area contributed by atoms with Gasteiger partial charge < -0.3 is 5.32 Å². The predicted octanol–water partition coefficient (Wildman–Crippen LogP) is 4.04. The lowest BCUT2D eigenvalue weighted by Crippen LogP contribution is -2.25. The van der Waals surface area contributed by atoms with Gasteiger partial charge in [-0.2, -0.15) is 0 Å². The molecule has 0 unspecified atom stereocenters. The Morgan fingerprint density at radius 3 is 2.55 bits per heavy atom. The number of halogens is 1. The van der Waals surface area contributed by atoms with E-state index in [0.717, 1.165) is 16.5 Å². The molecular weight excluding hydrogens is 314 g/mol. The summed E-state index contributed by atoms with van der Waals surface area (Å²) in [5, 5.41) is 2.96. The highest BCUT2D eigenvalue weighted by molar-refractivity contribution is 9.10. The predicted molar refractivity (Wildman–Crippen MR) is 86.1 cm³/mol. The summed E-state index contributed by atoms with van der Waals surface area (Å²) >= 11 is 3.45. The van der Waals surface area contributed by atoms with Crippen molar-refractivity contribution in [3.8, 4) is 0 Å². The minimum Gasteiger partial charge on any atom is -0.352 e. The maximum Gasteiger partial charge on any atom is 0.251 e. The van der Waals surface area contributed by atoms with Gasteiger partial charge in [0.2, 0.25) is 0 Å². The molecule has 0 bridgehead atoms. The molecule has 0 aliphatic heterocycles. The molecule has 104 valence electrons. The van der Waals surface area contributed by atoms with Crippen LogP contribution in [0.5, 0.6) is 0 Å². The lowest BCUT2D eigenvalue weighted by atomic mass is 10.1. The highest BCUT2D eigenvalue weighted by atomic mass is 79.9. The average Bonchev–Trinajstić information content (AvgIpc) is 2.44. The molecule has 20 heavy (non-hydrogen) atoms. The second-order valence-electron chi connectivity index (χ2n) is 4.90. The maximum absolute atomic E-state index is 12.1. The van der Waals surface area contributed by atoms with Gasteiger partial charge in [0.15, 0.2) is 0 Å². The average molecular weight is 332 g/mol. The zero-order valence-electron chi connectivity index (χ0n) is 11.7. The van der Waals surface area contributed by atoms with Crippen molar-refractivity contribution in [3.05, 3.63) is 69.2 Å². The molecule has 0 aliphatic rings. The molecule has 2 rings (SSSR count). The van der Waals surface area contributed by atoms with E-state index >= 15 is 0 Å². The van der Waals surface area contributed by atoms with E-state index in [9.17, 15) is 4.79 Å². The first-order valence-corrected chi connectivity index (χ1v) is 7.46. The zero-order chi connectivity index (χ0) is 14.5. The normalized spacial score (nSPS) is 10.3. The van der Waals surface area contributed by atoms with Gasteiger partial charge in [0, 0.05) is 16.6 Å². The molecule has 0 atom stereocenters. The fourth-order valence-corrected chi connectivity index (χ4v) is 2.42. The third-order valence-corrected chi connectivity index (χ3v) is 4.23. The summed E-state index contributed by atoms with van der Waals surface area (Å²) in [6.45, 7) is 4.74. The first kappa shape index (κ1) is 14.8. The molecule has 2 aromatic carbocycles. The van der Waals surface area contributed by atoms with Crippen LogP contribution in [0.4, 0.5) is 0 Å². The standard InChI is InChI=1S/C17H18BrNO/c1-12-5-3-4-6-14(12)9-10-19-17(20)15-8-7-13(2)16(18)11-15/h3-8,11H,9-10H2,1-2H3,(H,19,20). The van der Waals surface area contributed by atoms with Crippen LogP contribution in [0, 0.1) is 13.8 Å². The Morgan fingerprint density at radius 2 is 1.85 bits per heavy atom. The summed E-state index contributed by atoms with van der Waals surface area (Å²) in [6.07, 6.45) is 0.853. The van der Waals surface area contributed by atoms with Crippen molar-refractivity contribution in [2.24, 2.45) is 0 Å². The van der Waals surface area contributed by atoms with E-state index in [1.807, 2.05) is 37.3 Å². The van der Waals surface area contributed by atoms with Gasteiger partial charge in [-0.15, -0.1) is 0 Å². The van der Waals surface area contributed by atoms with E-state index < -0.39 is 0 Å². The first-order chi connectivity index (χ1) is 9.58. The van der Waals surface area contributed by atoms with Crippen LogP contribution in [0.1, 0.15) is 27.0 Å². The second-order valence-corrected chi connectivity index (χ2v) is 5.75. The van der Waals surface area contributed by atoms with Crippen molar-refractivity contribution in [2.45, 2.75) is 20.3 Å². The Morgan fingerprint density at radius 1 is 1.10 bits per heavy atom. The van der Waals surface area contributed by atoms with Crippen LogP contribution in [0.2, 0.25) is 0 Å². The Hall–Kier alpha value is -1.61. The van der Waals surface area contributed by atoms with Crippen LogP contribution in [-0.2, 0) is 6.42 Å². The Kier molecular flexibility index (Phi) is 4.96. The van der Waals surface area contributed by atoms with Gasteiger partial charge >= 0.3 is 0 Å². The molecule has 0 saturated carbocycles. The van der Waals surface area contributed by atoms with Crippen molar-refractivity contribution >= 4 is 21.8 Å². The molecule has 0 heterocycles. The molecule has 1 N–H and O–H groups in total. The van der Waals surface area contributed by atoms with Crippen LogP contribution >= 0.6 is 15.9 Å². The van der Waals surface area contributed by atoms with E-state index in [-0.39, 0.29) is 5.91 Å². The molecule has 0 fully saturated rings. The van der Waals surface area contributed by atoms with Crippen molar-refractivity contribution in [2.75, 3.05) is 6.54 Å². The molecule has 2 nitrogen and oxygen atoms in total. The lowest BCUT2D eigenvalue weighted by Gasteiger charge is -2.08.